The van der Waals surface area contributed by atoms with Crippen LogP contribution in [0.25, 0.3) is 0 Å². The van der Waals surface area contributed by atoms with Crippen LogP contribution in [-0.2, 0) is 7.05 Å². The third-order valence-corrected chi connectivity index (χ3v) is 3.76. The lowest BCUT2D eigenvalue weighted by molar-refractivity contribution is 0.0899. The predicted molar refractivity (Wildman–Crippen MR) is 66.3 cm³/mol. The number of ketones is 1. The molecule has 1 aliphatic carbocycles. The van der Waals surface area contributed by atoms with E-state index in [0.717, 1.165) is 32.0 Å². The van der Waals surface area contributed by atoms with Crippen molar-refractivity contribution in [3.8, 4) is 0 Å². The van der Waals surface area contributed by atoms with Gasteiger partial charge in [-0.1, -0.05) is 25.7 Å². The van der Waals surface area contributed by atoms with Crippen molar-refractivity contribution in [2.24, 2.45) is 13.0 Å². The fourth-order valence-electron chi connectivity index (χ4n) is 2.64. The number of Topliss-reactive ketones (excluding diaryl/α,β-unsaturated/α-hetero) is 1. The number of nitrogens with zero attached hydrogens (tertiary/aromatic N) is 1. The minimum absolute atomic E-state index is 0.158. The van der Waals surface area contributed by atoms with Gasteiger partial charge < -0.3 is 4.57 Å². The number of hydrogen-bond donors (Lipinski definition) is 0. The zero-order valence-corrected chi connectivity index (χ0v) is 10.3. The summed E-state index contributed by atoms with van der Waals surface area (Å²) >= 11 is 0. The second kappa shape index (κ2) is 5.30. The molecule has 0 saturated heterocycles. The van der Waals surface area contributed by atoms with E-state index in [4.69, 9.17) is 0 Å². The topological polar surface area (TPSA) is 39.1 Å². The third-order valence-electron chi connectivity index (χ3n) is 3.76. The standard InChI is InChI=1S/C14H19NO2/c1-15-12(10-16)8-9-13(15)14(17)11-6-4-2-3-5-7-11/h8-11H,2-7H2,1H3. The molecule has 3 heteroatoms. The fraction of sp³-hybridized carbons (Fsp3) is 0.571. The minimum atomic E-state index is 0.158. The van der Waals surface area contributed by atoms with Crippen LogP contribution in [0, 0.1) is 5.92 Å². The van der Waals surface area contributed by atoms with Crippen molar-refractivity contribution >= 4 is 12.1 Å². The van der Waals surface area contributed by atoms with Crippen LogP contribution in [0.4, 0.5) is 0 Å². The van der Waals surface area contributed by atoms with Gasteiger partial charge in [0.15, 0.2) is 12.1 Å². The highest BCUT2D eigenvalue weighted by Gasteiger charge is 2.23. The van der Waals surface area contributed by atoms with E-state index >= 15 is 0 Å². The summed E-state index contributed by atoms with van der Waals surface area (Å²) in [5.41, 5.74) is 1.25. The number of aromatic nitrogens is 1. The number of carbonyl (C=O) groups excluding carboxylic acids is 2. The first kappa shape index (κ1) is 12.1. The Kier molecular flexibility index (Phi) is 3.77. The molecule has 0 bridgehead atoms. The summed E-state index contributed by atoms with van der Waals surface area (Å²) < 4.78 is 1.71. The summed E-state index contributed by atoms with van der Waals surface area (Å²) in [5.74, 6) is 0.369. The molecular formula is C14H19NO2. The molecule has 0 aromatic carbocycles. The Morgan fingerprint density at radius 2 is 1.88 bits per heavy atom. The van der Waals surface area contributed by atoms with Crippen LogP contribution >= 0.6 is 0 Å². The molecule has 1 saturated carbocycles. The van der Waals surface area contributed by atoms with Crippen molar-refractivity contribution in [1.82, 2.24) is 4.57 Å². The second-order valence-corrected chi connectivity index (χ2v) is 4.87. The minimum Gasteiger partial charge on any atom is -0.339 e. The van der Waals surface area contributed by atoms with E-state index in [9.17, 15) is 9.59 Å². The van der Waals surface area contributed by atoms with E-state index in [1.165, 1.54) is 12.8 Å². The Morgan fingerprint density at radius 1 is 1.24 bits per heavy atom. The molecule has 0 amide bonds. The van der Waals surface area contributed by atoms with Crippen molar-refractivity contribution in [3.05, 3.63) is 23.5 Å². The maximum atomic E-state index is 12.4. The first-order valence-electron chi connectivity index (χ1n) is 6.39. The molecule has 0 spiro atoms. The Balaban J connectivity index is 2.17. The first-order chi connectivity index (χ1) is 8.24. The van der Waals surface area contributed by atoms with E-state index in [0.29, 0.717) is 11.4 Å². The number of rotatable bonds is 3. The lowest BCUT2D eigenvalue weighted by Gasteiger charge is -2.13. The molecule has 2 rings (SSSR count). The summed E-state index contributed by atoms with van der Waals surface area (Å²) in [6.45, 7) is 0. The number of aldehydes is 1. The largest absolute Gasteiger partial charge is 0.339 e. The lowest BCUT2D eigenvalue weighted by atomic mass is 9.93. The highest BCUT2D eigenvalue weighted by atomic mass is 16.1. The average Bonchev–Trinajstić information content (AvgIpc) is 2.57. The van der Waals surface area contributed by atoms with Crippen LogP contribution in [-0.4, -0.2) is 16.6 Å². The highest BCUT2D eigenvalue weighted by molar-refractivity contribution is 5.97. The molecule has 17 heavy (non-hydrogen) atoms. The van der Waals surface area contributed by atoms with Crippen molar-refractivity contribution in [3.63, 3.8) is 0 Å². The molecule has 92 valence electrons. The van der Waals surface area contributed by atoms with Crippen LogP contribution in [0.5, 0.6) is 0 Å². The van der Waals surface area contributed by atoms with Crippen molar-refractivity contribution < 1.29 is 9.59 Å². The quantitative estimate of drug-likeness (QED) is 0.457. The van der Waals surface area contributed by atoms with E-state index in [1.807, 2.05) is 0 Å². The smallest absolute Gasteiger partial charge is 0.182 e. The Morgan fingerprint density at radius 3 is 2.41 bits per heavy atom. The van der Waals surface area contributed by atoms with Crippen LogP contribution in [0.2, 0.25) is 0 Å². The van der Waals surface area contributed by atoms with Crippen LogP contribution in [0.3, 0.4) is 0 Å². The Labute approximate surface area is 102 Å². The molecule has 0 radical (unpaired) electrons. The lowest BCUT2D eigenvalue weighted by Crippen LogP contribution is -2.17. The Hall–Kier alpha value is -1.38. The zero-order chi connectivity index (χ0) is 12.3. The molecular weight excluding hydrogens is 214 g/mol. The van der Waals surface area contributed by atoms with Gasteiger partial charge in [-0.25, -0.2) is 0 Å². The summed E-state index contributed by atoms with van der Waals surface area (Å²) in [7, 11) is 1.79. The summed E-state index contributed by atoms with van der Waals surface area (Å²) in [6.07, 6.45) is 7.60. The molecule has 1 aliphatic rings. The van der Waals surface area contributed by atoms with Gasteiger partial charge in [-0.3, -0.25) is 9.59 Å². The van der Waals surface area contributed by atoms with E-state index in [1.54, 1.807) is 23.7 Å². The molecule has 3 nitrogen and oxygen atoms in total. The van der Waals surface area contributed by atoms with Gasteiger partial charge in [-0.05, 0) is 25.0 Å². The monoisotopic (exact) mass is 233 g/mol. The molecule has 0 atom stereocenters. The SMILES string of the molecule is Cn1c(C=O)ccc1C(=O)C1CCCCCC1. The summed E-state index contributed by atoms with van der Waals surface area (Å²) in [4.78, 5) is 23.1. The first-order valence-corrected chi connectivity index (χ1v) is 6.39. The molecule has 1 heterocycles. The highest BCUT2D eigenvalue weighted by Crippen LogP contribution is 2.26. The molecule has 0 N–H and O–H groups in total. The van der Waals surface area contributed by atoms with Crippen molar-refractivity contribution in [2.45, 2.75) is 38.5 Å². The summed E-state index contributed by atoms with van der Waals surface area (Å²) in [5, 5.41) is 0. The molecule has 0 aliphatic heterocycles. The fourth-order valence-corrected chi connectivity index (χ4v) is 2.64. The molecule has 0 unspecified atom stereocenters. The van der Waals surface area contributed by atoms with Gasteiger partial charge >= 0.3 is 0 Å². The summed E-state index contributed by atoms with van der Waals surface area (Å²) in [6, 6.07) is 3.49. The third kappa shape index (κ3) is 2.48. The molecule has 1 fully saturated rings. The Bertz CT molecular complexity index is 412. The van der Waals surface area contributed by atoms with E-state index in [-0.39, 0.29) is 11.7 Å². The van der Waals surface area contributed by atoms with Gasteiger partial charge in [0.05, 0.1) is 11.4 Å². The van der Waals surface area contributed by atoms with Gasteiger partial charge in [-0.15, -0.1) is 0 Å². The zero-order valence-electron chi connectivity index (χ0n) is 10.3. The van der Waals surface area contributed by atoms with E-state index < -0.39 is 0 Å². The van der Waals surface area contributed by atoms with Crippen molar-refractivity contribution in [2.75, 3.05) is 0 Å². The van der Waals surface area contributed by atoms with Crippen molar-refractivity contribution in [1.29, 1.82) is 0 Å². The normalized spacial score (nSPS) is 17.7. The maximum absolute atomic E-state index is 12.4. The van der Waals surface area contributed by atoms with Crippen LogP contribution < -0.4 is 0 Å². The predicted octanol–water partition coefficient (Wildman–Crippen LogP) is 2.99. The van der Waals surface area contributed by atoms with Gasteiger partial charge in [0.25, 0.3) is 0 Å². The van der Waals surface area contributed by atoms with Gasteiger partial charge in [0.1, 0.15) is 0 Å². The molecule has 1 aromatic rings. The average molecular weight is 233 g/mol. The molecule has 1 aromatic heterocycles. The van der Waals surface area contributed by atoms with Crippen LogP contribution in [0.15, 0.2) is 12.1 Å². The van der Waals surface area contributed by atoms with Gasteiger partial charge in [0.2, 0.25) is 0 Å². The van der Waals surface area contributed by atoms with Gasteiger partial charge in [-0.2, -0.15) is 0 Å². The maximum Gasteiger partial charge on any atom is 0.182 e. The van der Waals surface area contributed by atoms with E-state index in [2.05, 4.69) is 0 Å². The second-order valence-electron chi connectivity index (χ2n) is 4.87. The number of hydrogen-bond acceptors (Lipinski definition) is 2. The van der Waals surface area contributed by atoms with Crippen LogP contribution in [0.1, 0.15) is 59.5 Å². The number of carbonyl (C=O) groups is 2. The van der Waals surface area contributed by atoms with Gasteiger partial charge in [0, 0.05) is 13.0 Å².